The molecular weight excluding hydrogens is 346 g/mol. The number of hydrogen-bond donors (Lipinski definition) is 1. The average molecular weight is 375 g/mol. The third-order valence-corrected chi connectivity index (χ3v) is 5.66. The third kappa shape index (κ3) is 5.11. The highest BCUT2D eigenvalue weighted by molar-refractivity contribution is 5.91. The molecule has 3 rings (SSSR count). The lowest BCUT2D eigenvalue weighted by Gasteiger charge is -2.36. The summed E-state index contributed by atoms with van der Waals surface area (Å²) in [5.41, 5.74) is 0. The third-order valence-electron chi connectivity index (χ3n) is 5.66. The number of nitrogens with zero attached hydrogens (tertiary/aromatic N) is 2. The fraction of sp³-hybridized carbons (Fsp3) is 0.650. The van der Waals surface area contributed by atoms with E-state index in [0.29, 0.717) is 19.0 Å². The molecule has 0 aromatic carbocycles. The first-order valence-electron chi connectivity index (χ1n) is 9.93. The standard InChI is InChI=1S/C20H29N3O4/c1-15-5-10-23(11-6-15)20(26)16-7-12-22(13-8-16)18(24)4-9-21-19(25)17-3-2-14-27-17/h2-3,14-16H,4-13H2,1H3,(H,21,25). The number of carbonyl (C=O) groups excluding carboxylic acids is 3. The molecule has 3 heterocycles. The molecule has 148 valence electrons. The van der Waals surface area contributed by atoms with Crippen LogP contribution in [-0.4, -0.2) is 60.2 Å². The van der Waals surface area contributed by atoms with Crippen LogP contribution in [0.4, 0.5) is 0 Å². The van der Waals surface area contributed by atoms with Crippen molar-refractivity contribution in [2.24, 2.45) is 11.8 Å². The zero-order valence-electron chi connectivity index (χ0n) is 16.0. The van der Waals surface area contributed by atoms with Crippen molar-refractivity contribution in [3.63, 3.8) is 0 Å². The van der Waals surface area contributed by atoms with E-state index in [9.17, 15) is 14.4 Å². The fourth-order valence-corrected chi connectivity index (χ4v) is 3.80. The molecule has 0 atom stereocenters. The second-order valence-electron chi connectivity index (χ2n) is 7.65. The maximum atomic E-state index is 12.7. The van der Waals surface area contributed by atoms with Gasteiger partial charge in [-0.2, -0.15) is 0 Å². The van der Waals surface area contributed by atoms with Crippen molar-refractivity contribution >= 4 is 17.7 Å². The first kappa shape index (κ1) is 19.5. The number of rotatable bonds is 5. The highest BCUT2D eigenvalue weighted by Crippen LogP contribution is 2.23. The molecule has 0 spiro atoms. The van der Waals surface area contributed by atoms with Gasteiger partial charge in [0.1, 0.15) is 0 Å². The lowest BCUT2D eigenvalue weighted by molar-refractivity contribution is -0.141. The molecule has 2 aliphatic rings. The molecular formula is C20H29N3O4. The van der Waals surface area contributed by atoms with Crippen LogP contribution >= 0.6 is 0 Å². The summed E-state index contributed by atoms with van der Waals surface area (Å²) in [5, 5.41) is 2.69. The molecule has 2 fully saturated rings. The van der Waals surface area contributed by atoms with Gasteiger partial charge in [-0.05, 0) is 43.7 Å². The summed E-state index contributed by atoms with van der Waals surface area (Å²) in [7, 11) is 0. The van der Waals surface area contributed by atoms with Crippen LogP contribution in [0.5, 0.6) is 0 Å². The Morgan fingerprint density at radius 3 is 2.37 bits per heavy atom. The monoisotopic (exact) mass is 375 g/mol. The summed E-state index contributed by atoms with van der Waals surface area (Å²) in [6.45, 7) is 5.49. The van der Waals surface area contributed by atoms with E-state index in [2.05, 4.69) is 12.2 Å². The summed E-state index contributed by atoms with van der Waals surface area (Å²) in [4.78, 5) is 40.6. The van der Waals surface area contributed by atoms with Crippen LogP contribution in [-0.2, 0) is 9.59 Å². The van der Waals surface area contributed by atoms with Crippen LogP contribution in [0, 0.1) is 11.8 Å². The van der Waals surface area contributed by atoms with Crippen molar-refractivity contribution in [1.82, 2.24) is 15.1 Å². The molecule has 1 aromatic heterocycles. The molecule has 3 amide bonds. The van der Waals surface area contributed by atoms with Gasteiger partial charge in [0.05, 0.1) is 6.26 Å². The van der Waals surface area contributed by atoms with Gasteiger partial charge in [-0.15, -0.1) is 0 Å². The molecule has 0 unspecified atom stereocenters. The van der Waals surface area contributed by atoms with Crippen LogP contribution in [0.1, 0.15) is 49.6 Å². The van der Waals surface area contributed by atoms with E-state index in [1.807, 2.05) is 4.90 Å². The molecule has 1 aromatic rings. The maximum absolute atomic E-state index is 12.7. The number of likely N-dealkylation sites (tertiary alicyclic amines) is 2. The smallest absolute Gasteiger partial charge is 0.286 e. The molecule has 27 heavy (non-hydrogen) atoms. The van der Waals surface area contributed by atoms with E-state index >= 15 is 0 Å². The minimum Gasteiger partial charge on any atom is -0.459 e. The Labute approximate surface area is 160 Å². The van der Waals surface area contributed by atoms with E-state index in [0.717, 1.165) is 38.8 Å². The minimum atomic E-state index is -0.312. The lowest BCUT2D eigenvalue weighted by Crippen LogP contribution is -2.46. The second kappa shape index (κ2) is 9.06. The maximum Gasteiger partial charge on any atom is 0.286 e. The van der Waals surface area contributed by atoms with E-state index in [4.69, 9.17) is 4.42 Å². The fourth-order valence-electron chi connectivity index (χ4n) is 3.80. The van der Waals surface area contributed by atoms with Gasteiger partial charge in [-0.25, -0.2) is 0 Å². The average Bonchev–Trinajstić information content (AvgIpc) is 3.23. The number of nitrogens with one attached hydrogen (secondary N) is 1. The molecule has 0 aliphatic carbocycles. The molecule has 0 radical (unpaired) electrons. The summed E-state index contributed by atoms with van der Waals surface area (Å²) in [6, 6.07) is 3.23. The van der Waals surface area contributed by atoms with Crippen LogP contribution in [0.3, 0.4) is 0 Å². The van der Waals surface area contributed by atoms with Gasteiger partial charge in [0, 0.05) is 45.1 Å². The molecule has 7 nitrogen and oxygen atoms in total. The predicted octanol–water partition coefficient (Wildman–Crippen LogP) is 1.90. The lowest BCUT2D eigenvalue weighted by atomic mass is 9.92. The summed E-state index contributed by atoms with van der Waals surface area (Å²) >= 11 is 0. The van der Waals surface area contributed by atoms with Crippen molar-refractivity contribution in [3.8, 4) is 0 Å². The van der Waals surface area contributed by atoms with Gasteiger partial charge in [-0.1, -0.05) is 6.92 Å². The molecule has 2 saturated heterocycles. The topological polar surface area (TPSA) is 82.9 Å². The Morgan fingerprint density at radius 2 is 1.74 bits per heavy atom. The Bertz CT molecular complexity index is 642. The number of amides is 3. The Hall–Kier alpha value is -2.31. The number of carbonyl (C=O) groups is 3. The molecule has 0 bridgehead atoms. The zero-order valence-corrected chi connectivity index (χ0v) is 16.0. The van der Waals surface area contributed by atoms with E-state index in [1.165, 1.54) is 6.26 Å². The van der Waals surface area contributed by atoms with Gasteiger partial charge in [0.2, 0.25) is 11.8 Å². The van der Waals surface area contributed by atoms with E-state index in [1.54, 1.807) is 17.0 Å². The quantitative estimate of drug-likeness (QED) is 0.852. The second-order valence-corrected chi connectivity index (χ2v) is 7.65. The van der Waals surface area contributed by atoms with Gasteiger partial charge in [0.25, 0.3) is 5.91 Å². The van der Waals surface area contributed by atoms with Crippen LogP contribution in [0.25, 0.3) is 0 Å². The highest BCUT2D eigenvalue weighted by atomic mass is 16.3. The van der Waals surface area contributed by atoms with Crippen LogP contribution in [0.2, 0.25) is 0 Å². The van der Waals surface area contributed by atoms with Crippen molar-refractivity contribution in [1.29, 1.82) is 0 Å². The zero-order chi connectivity index (χ0) is 19.2. The molecule has 0 saturated carbocycles. The SMILES string of the molecule is CC1CCN(C(=O)C2CCN(C(=O)CCNC(=O)c3ccco3)CC2)CC1. The van der Waals surface area contributed by atoms with Crippen molar-refractivity contribution < 1.29 is 18.8 Å². The molecule has 1 N–H and O–H groups in total. The van der Waals surface area contributed by atoms with E-state index in [-0.39, 0.29) is 42.4 Å². The van der Waals surface area contributed by atoms with Gasteiger partial charge >= 0.3 is 0 Å². The summed E-state index contributed by atoms with van der Waals surface area (Å²) in [6.07, 6.45) is 5.34. The Morgan fingerprint density at radius 1 is 1.07 bits per heavy atom. The normalized spacial score (nSPS) is 19.1. The predicted molar refractivity (Wildman–Crippen MR) is 99.9 cm³/mol. The molecule has 7 heteroatoms. The Balaban J connectivity index is 1.36. The van der Waals surface area contributed by atoms with Crippen LogP contribution in [0.15, 0.2) is 22.8 Å². The van der Waals surface area contributed by atoms with Crippen LogP contribution < -0.4 is 5.32 Å². The van der Waals surface area contributed by atoms with Gasteiger partial charge in [-0.3, -0.25) is 14.4 Å². The number of hydrogen-bond acceptors (Lipinski definition) is 4. The number of piperidine rings is 2. The number of furan rings is 1. The first-order valence-corrected chi connectivity index (χ1v) is 9.93. The van der Waals surface area contributed by atoms with Gasteiger partial charge < -0.3 is 19.5 Å². The summed E-state index contributed by atoms with van der Waals surface area (Å²) < 4.78 is 5.02. The van der Waals surface area contributed by atoms with Crippen molar-refractivity contribution in [2.45, 2.75) is 39.0 Å². The van der Waals surface area contributed by atoms with Crippen molar-refractivity contribution in [3.05, 3.63) is 24.2 Å². The van der Waals surface area contributed by atoms with E-state index < -0.39 is 0 Å². The first-order chi connectivity index (χ1) is 13.0. The largest absolute Gasteiger partial charge is 0.459 e. The van der Waals surface area contributed by atoms with Gasteiger partial charge in [0.15, 0.2) is 5.76 Å². The Kier molecular flexibility index (Phi) is 6.53. The summed E-state index contributed by atoms with van der Waals surface area (Å²) in [5.74, 6) is 0.969. The van der Waals surface area contributed by atoms with Crippen molar-refractivity contribution in [2.75, 3.05) is 32.7 Å². The molecule has 2 aliphatic heterocycles. The highest BCUT2D eigenvalue weighted by Gasteiger charge is 2.31. The minimum absolute atomic E-state index is 0.0208.